The van der Waals surface area contributed by atoms with Gasteiger partial charge in [0.25, 0.3) is 0 Å². The quantitative estimate of drug-likeness (QED) is 0.0308. The number of likely N-dealkylation sites (tertiary alicyclic amines) is 3. The number of β-amino-alcohol motifs (C(OH)–C–C–N with tert-alkyl or cyclic N) is 1. The molecule has 6 aliphatic heterocycles. The summed E-state index contributed by atoms with van der Waals surface area (Å²) in [4.78, 5) is 106. The van der Waals surface area contributed by atoms with E-state index in [-0.39, 0.29) is 180 Å². The topological polar surface area (TPSA) is 491 Å². The molecule has 6 heterocycles. The van der Waals surface area contributed by atoms with Crippen molar-refractivity contribution in [1.82, 2.24) is 14.7 Å². The number of unbranched alkanes of at least 4 members (excludes halogenated alkanes) is 3. The molecule has 34 nitrogen and oxygen atoms in total. The number of amides is 3. The molecule has 8 unspecified atom stereocenters. The van der Waals surface area contributed by atoms with Crippen molar-refractivity contribution < 1.29 is 150 Å². The Hall–Kier alpha value is -3.04. The third-order valence-electron chi connectivity index (χ3n) is 19.4. The minimum atomic E-state index is -5.00. The predicted molar refractivity (Wildman–Crippen MR) is 380 cm³/mol. The molecule has 3 amide bonds. The van der Waals surface area contributed by atoms with E-state index in [4.69, 9.17) is 51.3 Å². The van der Waals surface area contributed by atoms with Gasteiger partial charge in [-0.25, -0.2) is 9.13 Å². The Balaban J connectivity index is 0.00000473. The number of ketones is 3. The lowest BCUT2D eigenvalue weighted by molar-refractivity contribution is -0.282. The molecular weight excluding hydrogens is 1440 g/mol. The van der Waals surface area contributed by atoms with E-state index in [1.165, 1.54) is 21.8 Å². The summed E-state index contributed by atoms with van der Waals surface area (Å²) in [5.41, 5.74) is 0. The number of Topliss-reactive ketones (excluding diaryl/α,β-unsaturated/α-hetero) is 3. The lowest BCUT2D eigenvalue weighted by Crippen LogP contribution is -2.55. The number of hydrogen-bond donors (Lipinski definition) is 12. The standard InChI is InChI=1S/C64H111N3O31P2.C4H10.2CH4/c1-38-56(78)59(81)50(32-68)94-62(38)89-23-11-17-44(71)14-5-8-20-53(75)65-29-47(74)26-41(65)36-92-99(84,85)98-49-28-43(67(31-49)55(77)22-10-7-16-46(73)19-13-25-91-64-40(3)58(80)61(83)52(34-70)96-64)37-93-100(86,87)97-48-27-42(35-88-4)66(30-48)54(76)21-9-6-15-45(72)18-12-24-90-63-39(2)57(79)60(82)51(33-69)95-63;1-4(2)3;;/h38-43,47-52,56-64,68-70,74,78-83H,5-37H2,1-4H3,(H,84,85)(H,86,87);4H,1-3H3;2*1H4/t38?,39?,40?,41-,42-,43-,47+,48+,49+,50?,51?,52?,56+,57+,58+,59-,60-,61-,62+,63+,64+;;;/m0.../s1. The SMILES string of the molecule is C.C.CC(C)C.COC[C@@H]1C[C@@H](OP(=O)(O)OC[C@@H]2C[C@@H](OP(=O)(O)OC[C@@H]3C[C@@H](O)CN3C(=O)CCCCC(=O)CCCO[C@@H]3OC(CO)[C@H](O)[C@H](O)C3C)CN2C(=O)CCCCC(=O)CCCO[C@@H]2OC(CO)[C@H](O)[C@H](O)C2C)CN1C(=O)CCCCC(=O)CCCO[C@@H]1OC(CO)[C@H](O)[C@H](O)C1C. The summed E-state index contributed by atoms with van der Waals surface area (Å²) in [6.45, 7) is 8.56. The van der Waals surface area contributed by atoms with Gasteiger partial charge in [-0.2, -0.15) is 0 Å². The van der Waals surface area contributed by atoms with E-state index < -0.39 is 183 Å². The van der Waals surface area contributed by atoms with Gasteiger partial charge < -0.3 is 109 Å². The number of methoxy groups -OCH3 is 1. The van der Waals surface area contributed by atoms with Gasteiger partial charge in [0, 0.05) is 102 Å². The fourth-order valence-electron chi connectivity index (χ4n) is 13.4. The monoisotopic (exact) mass is 1570 g/mol. The Kier molecular flexibility index (Phi) is 44.7. The van der Waals surface area contributed by atoms with E-state index in [2.05, 4.69) is 20.8 Å². The number of aliphatic hydroxyl groups excluding tert-OH is 10. The average Bonchev–Trinajstić information content (AvgIpc) is 1.34. The van der Waals surface area contributed by atoms with Gasteiger partial charge >= 0.3 is 15.6 Å². The maximum absolute atomic E-state index is 14.0. The van der Waals surface area contributed by atoms with Crippen molar-refractivity contribution >= 4 is 50.7 Å². The first-order valence-electron chi connectivity index (χ1n) is 36.9. The number of hydrogen-bond acceptors (Lipinski definition) is 29. The first kappa shape index (κ1) is 97.2. The number of carbonyl (C=O) groups excluding carboxylic acids is 6. The molecule has 6 aliphatic rings. The molecule has 6 rings (SSSR count). The molecule has 0 saturated carbocycles. The molecule has 0 spiro atoms. The molecule has 106 heavy (non-hydrogen) atoms. The minimum Gasteiger partial charge on any atom is -0.394 e. The lowest BCUT2D eigenvalue weighted by Gasteiger charge is -2.40. The van der Waals surface area contributed by atoms with Crippen LogP contribution in [0.4, 0.5) is 0 Å². The number of phosphoric acid groups is 2. The van der Waals surface area contributed by atoms with Gasteiger partial charge in [0.15, 0.2) is 18.9 Å². The van der Waals surface area contributed by atoms with E-state index in [1.54, 1.807) is 20.8 Å². The zero-order chi connectivity index (χ0) is 77.0. The summed E-state index contributed by atoms with van der Waals surface area (Å²) in [7, 11) is -8.54. The third-order valence-corrected chi connectivity index (χ3v) is 21.5. The highest BCUT2D eigenvalue weighted by Gasteiger charge is 2.48. The number of rotatable bonds is 45. The second kappa shape index (κ2) is 48.8. The molecule has 0 aromatic heterocycles. The zero-order valence-electron chi connectivity index (χ0n) is 61.4. The Morgan fingerprint density at radius 1 is 0.425 bits per heavy atom. The number of nitrogens with zero attached hydrogens (tertiary/aromatic N) is 3. The lowest BCUT2D eigenvalue weighted by atomic mass is 9.92. The average molecular weight is 1570 g/mol. The van der Waals surface area contributed by atoms with Crippen LogP contribution in [0.25, 0.3) is 0 Å². The second-order valence-electron chi connectivity index (χ2n) is 29.0. The number of ether oxygens (including phenoxy) is 7. The maximum atomic E-state index is 14.0. The van der Waals surface area contributed by atoms with Gasteiger partial charge in [0.1, 0.15) is 54.0 Å². The van der Waals surface area contributed by atoms with Gasteiger partial charge in [0.05, 0.1) is 114 Å². The van der Waals surface area contributed by atoms with Gasteiger partial charge in [-0.1, -0.05) is 56.4 Å². The molecule has 0 aromatic rings. The van der Waals surface area contributed by atoms with Crippen LogP contribution in [0.1, 0.15) is 191 Å². The fourth-order valence-corrected chi connectivity index (χ4v) is 15.3. The molecule has 12 N–H and O–H groups in total. The van der Waals surface area contributed by atoms with Crippen LogP contribution in [0.5, 0.6) is 0 Å². The number of aliphatic hydroxyl groups is 10. The van der Waals surface area contributed by atoms with Crippen molar-refractivity contribution in [2.75, 3.05) is 86.2 Å². The maximum Gasteiger partial charge on any atom is 0.472 e. The van der Waals surface area contributed by atoms with Crippen molar-refractivity contribution in [3.05, 3.63) is 0 Å². The number of phosphoric ester groups is 2. The second-order valence-corrected chi connectivity index (χ2v) is 31.8. The Bertz CT molecular complexity index is 2680. The smallest absolute Gasteiger partial charge is 0.394 e. The van der Waals surface area contributed by atoms with Crippen molar-refractivity contribution in [2.24, 2.45) is 23.7 Å². The van der Waals surface area contributed by atoms with Crippen LogP contribution < -0.4 is 0 Å². The van der Waals surface area contributed by atoms with Crippen molar-refractivity contribution in [3.63, 3.8) is 0 Å². The summed E-state index contributed by atoms with van der Waals surface area (Å²) in [5.74, 6) is -2.41. The van der Waals surface area contributed by atoms with Crippen LogP contribution in [0, 0.1) is 23.7 Å². The van der Waals surface area contributed by atoms with Crippen LogP contribution >= 0.6 is 15.6 Å². The molecule has 6 saturated heterocycles. The van der Waals surface area contributed by atoms with Crippen LogP contribution in [0.2, 0.25) is 0 Å². The molecule has 6 fully saturated rings. The highest BCUT2D eigenvalue weighted by atomic mass is 31.2. The minimum absolute atomic E-state index is 0. The van der Waals surface area contributed by atoms with Crippen molar-refractivity contribution in [3.8, 4) is 0 Å². The van der Waals surface area contributed by atoms with Crippen LogP contribution in [0.15, 0.2) is 0 Å². The molecule has 0 aromatic carbocycles. The molecule has 36 heteroatoms. The molecule has 0 bridgehead atoms. The molecular formula is C70H129N3O31P2. The summed E-state index contributed by atoms with van der Waals surface area (Å²) in [5, 5.41) is 100. The van der Waals surface area contributed by atoms with Crippen LogP contribution in [-0.2, 0) is 89.2 Å². The van der Waals surface area contributed by atoms with Crippen LogP contribution in [-0.4, -0.2) is 307 Å². The summed E-state index contributed by atoms with van der Waals surface area (Å²) >= 11 is 0. The molecule has 0 radical (unpaired) electrons. The van der Waals surface area contributed by atoms with Crippen LogP contribution in [0.3, 0.4) is 0 Å². The fraction of sp³-hybridized carbons (Fsp3) is 0.914. The van der Waals surface area contributed by atoms with Gasteiger partial charge in [-0.05, 0) is 83.0 Å². The summed E-state index contributed by atoms with van der Waals surface area (Å²) in [6.07, 6.45) is -12.6. The molecule has 23 atom stereocenters. The van der Waals surface area contributed by atoms with E-state index in [0.717, 1.165) is 5.92 Å². The summed E-state index contributed by atoms with van der Waals surface area (Å²) < 4.78 is 88.7. The van der Waals surface area contributed by atoms with Crippen molar-refractivity contribution in [1.29, 1.82) is 0 Å². The Labute approximate surface area is 624 Å². The first-order valence-corrected chi connectivity index (χ1v) is 39.9. The Morgan fingerprint density at radius 2 is 0.698 bits per heavy atom. The van der Waals surface area contributed by atoms with Gasteiger partial charge in [-0.15, -0.1) is 0 Å². The predicted octanol–water partition coefficient (Wildman–Crippen LogP) is 2.74. The number of carbonyl (C=O) groups is 6. The van der Waals surface area contributed by atoms with E-state index >= 15 is 0 Å². The largest absolute Gasteiger partial charge is 0.472 e. The van der Waals surface area contributed by atoms with Gasteiger partial charge in [0.2, 0.25) is 17.7 Å². The van der Waals surface area contributed by atoms with E-state index in [9.17, 15) is 98.7 Å². The summed E-state index contributed by atoms with van der Waals surface area (Å²) in [6, 6.07) is -2.43. The third kappa shape index (κ3) is 31.9. The van der Waals surface area contributed by atoms with E-state index in [1.807, 2.05) is 0 Å². The highest BCUT2D eigenvalue weighted by Crippen LogP contribution is 2.50. The molecule has 620 valence electrons. The molecule has 0 aliphatic carbocycles. The zero-order valence-corrected chi connectivity index (χ0v) is 63.2. The first-order chi connectivity index (χ1) is 49.2. The Morgan fingerprint density at radius 3 is 1.00 bits per heavy atom. The highest BCUT2D eigenvalue weighted by molar-refractivity contribution is 7.47. The van der Waals surface area contributed by atoms with Gasteiger partial charge in [-0.3, -0.25) is 46.9 Å². The van der Waals surface area contributed by atoms with Crippen molar-refractivity contribution in [2.45, 2.75) is 301 Å². The normalized spacial score (nSPS) is 32.2. The van der Waals surface area contributed by atoms with E-state index in [0.29, 0.717) is 44.9 Å².